The van der Waals surface area contributed by atoms with Gasteiger partial charge in [-0.25, -0.2) is 4.39 Å². The molecule has 0 aliphatic heterocycles. The van der Waals surface area contributed by atoms with Crippen LogP contribution >= 0.6 is 15.9 Å². The summed E-state index contributed by atoms with van der Waals surface area (Å²) in [4.78, 5) is 12.3. The normalized spacial score (nSPS) is 10.1. The SMILES string of the molecule is COc1cc(F)ccc1NC(=O)c1ccc(Br)cc1OC. The second kappa shape index (κ2) is 6.58. The van der Waals surface area contributed by atoms with Crippen molar-refractivity contribution in [1.29, 1.82) is 0 Å². The van der Waals surface area contributed by atoms with Crippen molar-refractivity contribution in [3.8, 4) is 11.5 Å². The largest absolute Gasteiger partial charge is 0.496 e. The first-order valence-electron chi connectivity index (χ1n) is 6.03. The van der Waals surface area contributed by atoms with E-state index in [-0.39, 0.29) is 11.7 Å². The quantitative estimate of drug-likeness (QED) is 0.907. The van der Waals surface area contributed by atoms with Crippen LogP contribution in [0.15, 0.2) is 40.9 Å². The van der Waals surface area contributed by atoms with Gasteiger partial charge in [0, 0.05) is 10.5 Å². The summed E-state index contributed by atoms with van der Waals surface area (Å²) >= 11 is 3.31. The van der Waals surface area contributed by atoms with Crippen molar-refractivity contribution in [2.45, 2.75) is 0 Å². The van der Waals surface area contributed by atoms with Crippen LogP contribution in [-0.2, 0) is 0 Å². The highest BCUT2D eigenvalue weighted by Gasteiger charge is 2.15. The molecule has 0 fully saturated rings. The van der Waals surface area contributed by atoms with Gasteiger partial charge in [0.25, 0.3) is 5.91 Å². The number of hydrogen-bond donors (Lipinski definition) is 1. The number of rotatable bonds is 4. The molecule has 1 amide bonds. The third-order valence-electron chi connectivity index (χ3n) is 2.82. The minimum Gasteiger partial charge on any atom is -0.496 e. The smallest absolute Gasteiger partial charge is 0.259 e. The van der Waals surface area contributed by atoms with Crippen molar-refractivity contribution in [1.82, 2.24) is 0 Å². The highest BCUT2D eigenvalue weighted by atomic mass is 79.9. The Balaban J connectivity index is 2.30. The van der Waals surface area contributed by atoms with Crippen LogP contribution in [0.5, 0.6) is 11.5 Å². The molecule has 110 valence electrons. The molecule has 0 unspecified atom stereocenters. The molecule has 0 aromatic heterocycles. The number of carbonyl (C=O) groups excluding carboxylic acids is 1. The van der Waals surface area contributed by atoms with Crippen LogP contribution in [0, 0.1) is 5.82 Å². The molecule has 0 aliphatic carbocycles. The van der Waals surface area contributed by atoms with Crippen molar-refractivity contribution in [3.05, 3.63) is 52.3 Å². The molecule has 2 aromatic rings. The number of nitrogens with one attached hydrogen (secondary N) is 1. The summed E-state index contributed by atoms with van der Waals surface area (Å²) in [5.74, 6) is -0.127. The Hall–Kier alpha value is -2.08. The van der Waals surface area contributed by atoms with E-state index in [1.54, 1.807) is 18.2 Å². The van der Waals surface area contributed by atoms with Gasteiger partial charge in [-0.15, -0.1) is 0 Å². The predicted octanol–water partition coefficient (Wildman–Crippen LogP) is 3.86. The fraction of sp³-hybridized carbons (Fsp3) is 0.133. The van der Waals surface area contributed by atoms with E-state index in [2.05, 4.69) is 21.2 Å². The summed E-state index contributed by atoms with van der Waals surface area (Å²) in [7, 11) is 2.89. The van der Waals surface area contributed by atoms with Gasteiger partial charge in [0.2, 0.25) is 0 Å². The average Bonchev–Trinajstić information content (AvgIpc) is 2.48. The first kappa shape index (κ1) is 15.3. The van der Waals surface area contributed by atoms with Crippen LogP contribution in [0.4, 0.5) is 10.1 Å². The molecule has 0 bridgehead atoms. The van der Waals surface area contributed by atoms with Gasteiger partial charge < -0.3 is 14.8 Å². The molecule has 21 heavy (non-hydrogen) atoms. The zero-order valence-corrected chi connectivity index (χ0v) is 13.0. The Labute approximate surface area is 130 Å². The van der Waals surface area contributed by atoms with E-state index < -0.39 is 5.82 Å². The maximum absolute atomic E-state index is 13.1. The second-order valence-corrected chi connectivity index (χ2v) is 5.06. The van der Waals surface area contributed by atoms with Crippen molar-refractivity contribution >= 4 is 27.5 Å². The molecule has 6 heteroatoms. The van der Waals surface area contributed by atoms with Gasteiger partial charge in [-0.3, -0.25) is 4.79 Å². The maximum Gasteiger partial charge on any atom is 0.259 e. The predicted molar refractivity (Wildman–Crippen MR) is 81.6 cm³/mol. The Kier molecular flexibility index (Phi) is 4.80. The van der Waals surface area contributed by atoms with Crippen molar-refractivity contribution in [3.63, 3.8) is 0 Å². The van der Waals surface area contributed by atoms with E-state index in [4.69, 9.17) is 9.47 Å². The van der Waals surface area contributed by atoms with Crippen molar-refractivity contribution in [2.75, 3.05) is 19.5 Å². The number of benzene rings is 2. The summed E-state index contributed by atoms with van der Waals surface area (Å²) in [6.07, 6.45) is 0. The molecular weight excluding hydrogens is 341 g/mol. The average molecular weight is 354 g/mol. The molecule has 0 saturated carbocycles. The van der Waals surface area contributed by atoms with Gasteiger partial charge in [-0.2, -0.15) is 0 Å². The standard InChI is InChI=1S/C15H13BrFNO3/c1-20-13-7-9(16)3-5-11(13)15(19)18-12-6-4-10(17)8-14(12)21-2/h3-8H,1-2H3,(H,18,19). The monoisotopic (exact) mass is 353 g/mol. The Morgan fingerprint density at radius 3 is 2.48 bits per heavy atom. The molecule has 0 radical (unpaired) electrons. The first-order chi connectivity index (χ1) is 10.0. The molecule has 0 spiro atoms. The summed E-state index contributed by atoms with van der Waals surface area (Å²) < 4.78 is 24.2. The first-order valence-corrected chi connectivity index (χ1v) is 6.83. The van der Waals surface area contributed by atoms with E-state index in [0.29, 0.717) is 17.0 Å². The van der Waals surface area contributed by atoms with Crippen LogP contribution < -0.4 is 14.8 Å². The minimum absolute atomic E-state index is 0.249. The van der Waals surface area contributed by atoms with Gasteiger partial charge in [0.05, 0.1) is 25.5 Å². The van der Waals surface area contributed by atoms with E-state index >= 15 is 0 Å². The molecule has 2 rings (SSSR count). The lowest BCUT2D eigenvalue weighted by atomic mass is 10.1. The summed E-state index contributed by atoms with van der Waals surface area (Å²) in [5, 5.41) is 2.67. The molecule has 0 saturated heterocycles. The van der Waals surface area contributed by atoms with Crippen molar-refractivity contribution in [2.24, 2.45) is 0 Å². The molecule has 0 atom stereocenters. The number of hydrogen-bond acceptors (Lipinski definition) is 3. The number of methoxy groups -OCH3 is 2. The summed E-state index contributed by atoms with van der Waals surface area (Å²) in [5.41, 5.74) is 0.751. The topological polar surface area (TPSA) is 47.6 Å². The van der Waals surface area contributed by atoms with E-state index in [0.717, 1.165) is 4.47 Å². The molecule has 4 nitrogen and oxygen atoms in total. The van der Waals surface area contributed by atoms with Crippen LogP contribution in [0.3, 0.4) is 0 Å². The molecule has 0 heterocycles. The lowest BCUT2D eigenvalue weighted by molar-refractivity contribution is 0.102. The van der Waals surface area contributed by atoms with E-state index in [9.17, 15) is 9.18 Å². The zero-order chi connectivity index (χ0) is 15.4. The van der Waals surface area contributed by atoms with Crippen LogP contribution in [0.25, 0.3) is 0 Å². The summed E-state index contributed by atoms with van der Waals surface area (Å²) in [6, 6.07) is 8.95. The Morgan fingerprint density at radius 1 is 1.10 bits per heavy atom. The van der Waals surface area contributed by atoms with Gasteiger partial charge >= 0.3 is 0 Å². The molecule has 0 aliphatic rings. The van der Waals surface area contributed by atoms with Crippen molar-refractivity contribution < 1.29 is 18.7 Å². The van der Waals surface area contributed by atoms with E-state index in [1.165, 1.54) is 32.4 Å². The Bertz CT molecular complexity index is 676. The Morgan fingerprint density at radius 2 is 1.81 bits per heavy atom. The van der Waals surface area contributed by atoms with Gasteiger partial charge in [-0.1, -0.05) is 15.9 Å². The number of anilines is 1. The van der Waals surface area contributed by atoms with Gasteiger partial charge in [0.15, 0.2) is 0 Å². The summed E-state index contributed by atoms with van der Waals surface area (Å²) in [6.45, 7) is 0. The molecule has 1 N–H and O–H groups in total. The fourth-order valence-electron chi connectivity index (χ4n) is 1.81. The number of halogens is 2. The lowest BCUT2D eigenvalue weighted by Crippen LogP contribution is -2.14. The van der Waals surface area contributed by atoms with Gasteiger partial charge in [-0.05, 0) is 30.3 Å². The fourth-order valence-corrected chi connectivity index (χ4v) is 2.15. The van der Waals surface area contributed by atoms with Crippen LogP contribution in [-0.4, -0.2) is 20.1 Å². The number of amides is 1. The number of carbonyl (C=O) groups is 1. The van der Waals surface area contributed by atoms with Crippen LogP contribution in [0.1, 0.15) is 10.4 Å². The van der Waals surface area contributed by atoms with Gasteiger partial charge in [0.1, 0.15) is 17.3 Å². The highest BCUT2D eigenvalue weighted by Crippen LogP contribution is 2.28. The third kappa shape index (κ3) is 3.52. The molecule has 2 aromatic carbocycles. The maximum atomic E-state index is 13.1. The lowest BCUT2D eigenvalue weighted by Gasteiger charge is -2.12. The van der Waals surface area contributed by atoms with Crippen LogP contribution in [0.2, 0.25) is 0 Å². The third-order valence-corrected chi connectivity index (χ3v) is 3.31. The molecular formula is C15H13BrFNO3. The number of ether oxygens (including phenoxy) is 2. The van der Waals surface area contributed by atoms with E-state index in [1.807, 2.05) is 0 Å². The highest BCUT2D eigenvalue weighted by molar-refractivity contribution is 9.10. The second-order valence-electron chi connectivity index (χ2n) is 4.14. The zero-order valence-electron chi connectivity index (χ0n) is 11.4. The minimum atomic E-state index is -0.439.